The predicted octanol–water partition coefficient (Wildman–Crippen LogP) is 4.10. The van der Waals surface area contributed by atoms with Crippen LogP contribution in [0, 0.1) is 5.92 Å². The molecule has 1 aromatic carbocycles. The molecule has 1 saturated heterocycles. The highest BCUT2D eigenvalue weighted by Crippen LogP contribution is 2.28. The van der Waals surface area contributed by atoms with Crippen molar-refractivity contribution >= 4 is 38.9 Å². The molecule has 9 heteroatoms. The van der Waals surface area contributed by atoms with Crippen molar-refractivity contribution < 1.29 is 13.2 Å². The van der Waals surface area contributed by atoms with E-state index in [1.54, 1.807) is 29.7 Å². The van der Waals surface area contributed by atoms with Gasteiger partial charge in [0.2, 0.25) is 15.9 Å². The SMILES string of the molecule is O=C(NC(c1ccc(Cl)cc1)c1ccsc1)C1CCN(S(=O)(=O)c2cccnc2)CC1. The number of hydrogen-bond acceptors (Lipinski definition) is 5. The first-order valence-corrected chi connectivity index (χ1v) is 12.7. The number of pyridine rings is 1. The van der Waals surface area contributed by atoms with Crippen LogP contribution in [0.5, 0.6) is 0 Å². The number of nitrogens with one attached hydrogen (secondary N) is 1. The number of aromatic nitrogens is 1. The van der Waals surface area contributed by atoms with Crippen LogP contribution < -0.4 is 5.32 Å². The fraction of sp³-hybridized carbons (Fsp3) is 0.273. The lowest BCUT2D eigenvalue weighted by atomic mass is 9.95. The standard InChI is InChI=1S/C22H22ClN3O3S2/c23-19-5-3-16(4-6-19)21(18-9-13-30-15-18)25-22(27)17-7-11-26(12-8-17)31(28,29)20-2-1-10-24-14-20/h1-6,9-10,13-15,17,21H,7-8,11-12H2,(H,25,27). The summed E-state index contributed by atoms with van der Waals surface area (Å²) in [6.45, 7) is 0.610. The van der Waals surface area contributed by atoms with Crippen molar-refractivity contribution in [3.63, 3.8) is 0 Å². The van der Waals surface area contributed by atoms with Crippen LogP contribution in [-0.4, -0.2) is 36.7 Å². The highest BCUT2D eigenvalue weighted by Gasteiger charge is 2.33. The molecule has 0 spiro atoms. The Morgan fingerprint density at radius 3 is 2.48 bits per heavy atom. The molecular weight excluding hydrogens is 454 g/mol. The van der Waals surface area contributed by atoms with Crippen molar-refractivity contribution in [3.8, 4) is 0 Å². The first-order valence-electron chi connectivity index (χ1n) is 9.93. The van der Waals surface area contributed by atoms with Crippen molar-refractivity contribution in [2.24, 2.45) is 5.92 Å². The zero-order valence-corrected chi connectivity index (χ0v) is 19.0. The molecule has 1 N–H and O–H groups in total. The normalized spacial score (nSPS) is 16.7. The monoisotopic (exact) mass is 475 g/mol. The molecule has 1 aliphatic rings. The van der Waals surface area contributed by atoms with E-state index in [0.29, 0.717) is 31.0 Å². The molecule has 0 saturated carbocycles. The van der Waals surface area contributed by atoms with Gasteiger partial charge in [0.25, 0.3) is 0 Å². The topological polar surface area (TPSA) is 79.4 Å². The van der Waals surface area contributed by atoms with Crippen LogP contribution in [0.1, 0.15) is 30.0 Å². The maximum atomic E-state index is 13.1. The zero-order chi connectivity index (χ0) is 21.8. The number of carbonyl (C=O) groups excluding carboxylic acids is 1. The minimum absolute atomic E-state index is 0.0652. The molecule has 6 nitrogen and oxygen atoms in total. The van der Waals surface area contributed by atoms with Gasteiger partial charge in [0.1, 0.15) is 4.90 Å². The highest BCUT2D eigenvalue weighted by molar-refractivity contribution is 7.89. The number of benzene rings is 1. The number of rotatable bonds is 6. The fourth-order valence-corrected chi connectivity index (χ4v) is 5.97. The molecule has 1 amide bonds. The number of sulfonamides is 1. The van der Waals surface area contributed by atoms with Gasteiger partial charge in [-0.3, -0.25) is 9.78 Å². The van der Waals surface area contributed by atoms with E-state index in [0.717, 1.165) is 11.1 Å². The Labute approximate surface area is 190 Å². The lowest BCUT2D eigenvalue weighted by Crippen LogP contribution is -2.43. The minimum Gasteiger partial charge on any atom is -0.345 e. The second-order valence-electron chi connectivity index (χ2n) is 7.42. The van der Waals surface area contributed by atoms with Crippen LogP contribution in [0.15, 0.2) is 70.5 Å². The third-order valence-corrected chi connectivity index (χ3v) is 8.30. The summed E-state index contributed by atoms with van der Waals surface area (Å²) in [4.78, 5) is 17.1. The molecular formula is C22H22ClN3O3S2. The summed E-state index contributed by atoms with van der Waals surface area (Å²) in [5.74, 6) is -0.307. The molecule has 4 rings (SSSR count). The summed E-state index contributed by atoms with van der Waals surface area (Å²) < 4.78 is 27.0. The molecule has 3 heterocycles. The fourth-order valence-electron chi connectivity index (χ4n) is 3.72. The van der Waals surface area contributed by atoms with Gasteiger partial charge in [-0.15, -0.1) is 0 Å². The molecule has 31 heavy (non-hydrogen) atoms. The number of carbonyl (C=O) groups is 1. The van der Waals surface area contributed by atoms with Gasteiger partial charge in [-0.25, -0.2) is 8.42 Å². The van der Waals surface area contributed by atoms with E-state index < -0.39 is 10.0 Å². The molecule has 1 fully saturated rings. The number of thiophene rings is 1. The van der Waals surface area contributed by atoms with Crippen LogP contribution in [0.4, 0.5) is 0 Å². The van der Waals surface area contributed by atoms with E-state index in [1.807, 2.05) is 41.1 Å². The second kappa shape index (κ2) is 9.48. The van der Waals surface area contributed by atoms with Crippen molar-refractivity contribution in [1.82, 2.24) is 14.6 Å². The summed E-state index contributed by atoms with van der Waals surface area (Å²) in [5.41, 5.74) is 1.96. The predicted molar refractivity (Wildman–Crippen MR) is 121 cm³/mol. The number of hydrogen-bond donors (Lipinski definition) is 1. The smallest absolute Gasteiger partial charge is 0.244 e. The summed E-state index contributed by atoms with van der Waals surface area (Å²) in [7, 11) is -3.59. The van der Waals surface area contributed by atoms with Gasteiger partial charge < -0.3 is 5.32 Å². The molecule has 2 aromatic heterocycles. The number of halogens is 1. The van der Waals surface area contributed by atoms with Crippen molar-refractivity contribution in [2.75, 3.05) is 13.1 Å². The quantitative estimate of drug-likeness (QED) is 0.582. The highest BCUT2D eigenvalue weighted by atomic mass is 35.5. The van der Waals surface area contributed by atoms with Gasteiger partial charge in [0.05, 0.1) is 6.04 Å². The lowest BCUT2D eigenvalue weighted by molar-refractivity contribution is -0.126. The Morgan fingerprint density at radius 1 is 1.13 bits per heavy atom. The Morgan fingerprint density at radius 2 is 1.87 bits per heavy atom. The van der Waals surface area contributed by atoms with Crippen LogP contribution in [-0.2, 0) is 14.8 Å². The molecule has 1 aliphatic heterocycles. The maximum absolute atomic E-state index is 13.1. The average Bonchev–Trinajstić information content (AvgIpc) is 3.33. The largest absolute Gasteiger partial charge is 0.345 e. The van der Waals surface area contributed by atoms with E-state index in [-0.39, 0.29) is 22.8 Å². The molecule has 0 bridgehead atoms. The lowest BCUT2D eigenvalue weighted by Gasteiger charge is -2.31. The summed E-state index contributed by atoms with van der Waals surface area (Å²) in [6, 6.07) is 12.3. The molecule has 1 atom stereocenters. The van der Waals surface area contributed by atoms with Crippen molar-refractivity contribution in [1.29, 1.82) is 0 Å². The number of piperidine rings is 1. The average molecular weight is 476 g/mol. The van der Waals surface area contributed by atoms with Crippen LogP contribution in [0.25, 0.3) is 0 Å². The Kier molecular flexibility index (Phi) is 6.71. The Hall–Kier alpha value is -2.26. The first kappa shape index (κ1) is 22.0. The zero-order valence-electron chi connectivity index (χ0n) is 16.6. The number of amides is 1. The molecule has 162 valence electrons. The second-order valence-corrected chi connectivity index (χ2v) is 10.6. The van der Waals surface area contributed by atoms with Crippen LogP contribution in [0.3, 0.4) is 0 Å². The molecule has 3 aromatic rings. The first-order chi connectivity index (χ1) is 14.9. The van der Waals surface area contributed by atoms with E-state index in [4.69, 9.17) is 11.6 Å². The van der Waals surface area contributed by atoms with E-state index in [9.17, 15) is 13.2 Å². The Balaban J connectivity index is 1.43. The summed E-state index contributed by atoms with van der Waals surface area (Å²) in [6.07, 6.45) is 3.84. The van der Waals surface area contributed by atoms with Crippen LogP contribution >= 0.6 is 22.9 Å². The third kappa shape index (κ3) is 4.98. The van der Waals surface area contributed by atoms with Gasteiger partial charge >= 0.3 is 0 Å². The van der Waals surface area contributed by atoms with Crippen molar-refractivity contribution in [2.45, 2.75) is 23.8 Å². The van der Waals surface area contributed by atoms with Crippen molar-refractivity contribution in [3.05, 3.63) is 81.8 Å². The van der Waals surface area contributed by atoms with Gasteiger partial charge in [0, 0.05) is 36.4 Å². The minimum atomic E-state index is -3.59. The van der Waals surface area contributed by atoms with Crippen LogP contribution in [0.2, 0.25) is 5.02 Å². The van der Waals surface area contributed by atoms with Gasteiger partial charge in [-0.1, -0.05) is 23.7 Å². The summed E-state index contributed by atoms with van der Waals surface area (Å²) in [5, 5.41) is 7.79. The van der Waals surface area contributed by atoms with Gasteiger partial charge in [-0.05, 0) is 65.1 Å². The third-order valence-electron chi connectivity index (χ3n) is 5.46. The maximum Gasteiger partial charge on any atom is 0.244 e. The van der Waals surface area contributed by atoms with E-state index in [2.05, 4.69) is 10.3 Å². The van der Waals surface area contributed by atoms with Gasteiger partial charge in [0.15, 0.2) is 0 Å². The summed E-state index contributed by atoms with van der Waals surface area (Å²) >= 11 is 7.59. The Bertz CT molecular complexity index is 1110. The van der Waals surface area contributed by atoms with E-state index in [1.165, 1.54) is 10.5 Å². The van der Waals surface area contributed by atoms with Gasteiger partial charge in [-0.2, -0.15) is 15.6 Å². The number of nitrogens with zero attached hydrogens (tertiary/aromatic N) is 2. The molecule has 0 radical (unpaired) electrons. The van der Waals surface area contributed by atoms with E-state index >= 15 is 0 Å². The molecule has 0 aliphatic carbocycles. The molecule has 1 unspecified atom stereocenters.